The summed E-state index contributed by atoms with van der Waals surface area (Å²) in [5.41, 5.74) is 2.39. The van der Waals surface area contributed by atoms with Gasteiger partial charge in [0.2, 0.25) is 0 Å². The second-order valence-corrected chi connectivity index (χ2v) is 16.2. The molecule has 1 nitrogen and oxygen atoms in total. The number of benzene rings is 4. The monoisotopic (exact) mass is 650 g/mol. The van der Waals surface area contributed by atoms with Crippen LogP contribution < -0.4 is 0 Å². The predicted molar refractivity (Wildman–Crippen MR) is 201 cm³/mol. The molecule has 0 spiro atoms. The van der Waals surface area contributed by atoms with Crippen molar-refractivity contribution < 1.29 is 4.79 Å². The van der Waals surface area contributed by atoms with E-state index in [1.807, 2.05) is 23.1 Å². The van der Waals surface area contributed by atoms with Crippen molar-refractivity contribution in [3.8, 4) is 11.1 Å². The van der Waals surface area contributed by atoms with Crippen LogP contribution in [0.1, 0.15) is 110 Å². The molecule has 0 aliphatic heterocycles. The first-order chi connectivity index (χ1) is 22.2. The van der Waals surface area contributed by atoms with Crippen LogP contribution >= 0.6 is 34.4 Å². The SMILES string of the molecule is CCCCCCCCc1cc(-c2cc(CCCCCCCC)sc2Sc2ccc3ccc4cccc5ccc2c3c45)c(C=O)s1. The lowest BCUT2D eigenvalue weighted by molar-refractivity contribution is 0.112. The maximum atomic E-state index is 12.4. The van der Waals surface area contributed by atoms with E-state index in [9.17, 15) is 4.79 Å². The normalized spacial score (nSPS) is 11.9. The average Bonchev–Trinajstić information content (AvgIpc) is 3.67. The third-order valence-corrected chi connectivity index (χ3v) is 12.8. The van der Waals surface area contributed by atoms with Gasteiger partial charge in [-0.05, 0) is 76.2 Å². The van der Waals surface area contributed by atoms with Crippen LogP contribution in [-0.2, 0) is 12.8 Å². The summed E-state index contributed by atoms with van der Waals surface area (Å²) >= 11 is 5.55. The first-order valence-electron chi connectivity index (χ1n) is 17.3. The molecule has 4 heteroatoms. The van der Waals surface area contributed by atoms with Crippen LogP contribution in [0.2, 0.25) is 0 Å². The molecule has 45 heavy (non-hydrogen) atoms. The summed E-state index contributed by atoms with van der Waals surface area (Å²) in [5, 5.41) is 7.96. The number of hydrogen-bond donors (Lipinski definition) is 0. The summed E-state index contributed by atoms with van der Waals surface area (Å²) in [4.78, 5) is 17.4. The third-order valence-electron chi connectivity index (χ3n) is 9.20. The smallest absolute Gasteiger partial charge is 0.160 e. The van der Waals surface area contributed by atoms with E-state index in [1.165, 1.54) is 134 Å². The van der Waals surface area contributed by atoms with Crippen LogP contribution in [0.15, 0.2) is 75.8 Å². The van der Waals surface area contributed by atoms with Crippen molar-refractivity contribution in [2.45, 2.75) is 113 Å². The maximum absolute atomic E-state index is 12.4. The van der Waals surface area contributed by atoms with Crippen LogP contribution in [0.3, 0.4) is 0 Å². The molecule has 0 radical (unpaired) electrons. The summed E-state index contributed by atoms with van der Waals surface area (Å²) in [6, 6.07) is 25.1. The van der Waals surface area contributed by atoms with Gasteiger partial charge in [0.05, 0.1) is 9.09 Å². The van der Waals surface area contributed by atoms with Crippen molar-refractivity contribution >= 4 is 73.0 Å². The summed E-state index contributed by atoms with van der Waals surface area (Å²) < 4.78 is 1.32. The van der Waals surface area contributed by atoms with E-state index in [0.29, 0.717) is 0 Å². The molecule has 0 aliphatic rings. The van der Waals surface area contributed by atoms with E-state index < -0.39 is 0 Å². The molecule has 0 N–H and O–H groups in total. The summed E-state index contributed by atoms with van der Waals surface area (Å²) in [6.07, 6.45) is 18.9. The Balaban J connectivity index is 1.31. The van der Waals surface area contributed by atoms with Crippen LogP contribution in [0.4, 0.5) is 0 Å². The number of aryl methyl sites for hydroxylation is 2. The number of carbonyl (C=O) groups excluding carboxylic acids is 1. The van der Waals surface area contributed by atoms with Crippen LogP contribution in [0, 0.1) is 0 Å². The minimum absolute atomic E-state index is 0.886. The van der Waals surface area contributed by atoms with Gasteiger partial charge in [0.25, 0.3) is 0 Å². The Morgan fingerprint density at radius 3 is 1.82 bits per heavy atom. The molecule has 0 saturated carbocycles. The molecule has 4 aromatic carbocycles. The average molecular weight is 651 g/mol. The van der Waals surface area contributed by atoms with Crippen molar-refractivity contribution in [1.82, 2.24) is 0 Å². The fraction of sp³-hybridized carbons (Fsp3) is 0.390. The number of unbranched alkanes of at least 4 members (excludes halogenated alkanes) is 10. The molecule has 0 unspecified atom stereocenters. The van der Waals surface area contributed by atoms with Gasteiger partial charge in [0.1, 0.15) is 0 Å². The zero-order valence-corrected chi connectivity index (χ0v) is 29.4. The second-order valence-electron chi connectivity index (χ2n) is 12.6. The Morgan fingerprint density at radius 2 is 1.16 bits per heavy atom. The number of hydrogen-bond acceptors (Lipinski definition) is 4. The van der Waals surface area contributed by atoms with Gasteiger partial charge in [-0.15, -0.1) is 22.7 Å². The van der Waals surface area contributed by atoms with E-state index in [2.05, 4.69) is 80.6 Å². The zero-order valence-electron chi connectivity index (χ0n) is 27.0. The van der Waals surface area contributed by atoms with Crippen molar-refractivity contribution in [1.29, 1.82) is 0 Å². The number of carbonyl (C=O) groups is 1. The quantitative estimate of drug-likeness (QED) is 0.0523. The van der Waals surface area contributed by atoms with Gasteiger partial charge in [-0.1, -0.05) is 138 Å². The molecule has 0 fully saturated rings. The first-order valence-corrected chi connectivity index (χ1v) is 19.7. The fourth-order valence-corrected chi connectivity index (χ4v) is 10.4. The van der Waals surface area contributed by atoms with Crippen molar-refractivity contribution in [3.05, 3.63) is 81.4 Å². The first kappa shape index (κ1) is 32.3. The second kappa shape index (κ2) is 15.8. The molecule has 0 bridgehead atoms. The lowest BCUT2D eigenvalue weighted by atomic mass is 9.94. The van der Waals surface area contributed by atoms with Crippen molar-refractivity contribution in [2.75, 3.05) is 0 Å². The van der Waals surface area contributed by atoms with Crippen LogP contribution in [0.5, 0.6) is 0 Å². The van der Waals surface area contributed by atoms with Crippen LogP contribution in [-0.4, -0.2) is 6.29 Å². The van der Waals surface area contributed by atoms with Crippen molar-refractivity contribution in [2.24, 2.45) is 0 Å². The highest BCUT2D eigenvalue weighted by molar-refractivity contribution is 8.01. The lowest BCUT2D eigenvalue weighted by Crippen LogP contribution is -1.86. The maximum Gasteiger partial charge on any atom is 0.160 e. The van der Waals surface area contributed by atoms with E-state index in [0.717, 1.165) is 29.6 Å². The predicted octanol–water partition coefficient (Wildman–Crippen LogP) is 14.1. The van der Waals surface area contributed by atoms with Gasteiger partial charge < -0.3 is 0 Å². The lowest BCUT2D eigenvalue weighted by Gasteiger charge is -2.13. The van der Waals surface area contributed by atoms with Gasteiger partial charge in [-0.2, -0.15) is 0 Å². The Kier molecular flexibility index (Phi) is 11.3. The van der Waals surface area contributed by atoms with Crippen molar-refractivity contribution in [3.63, 3.8) is 0 Å². The molecule has 0 atom stereocenters. The Bertz CT molecular complexity index is 1830. The third kappa shape index (κ3) is 7.50. The highest BCUT2D eigenvalue weighted by Gasteiger charge is 2.20. The number of rotatable bonds is 18. The summed E-state index contributed by atoms with van der Waals surface area (Å²) in [6.45, 7) is 4.55. The van der Waals surface area contributed by atoms with Gasteiger partial charge in [0, 0.05) is 25.8 Å². The zero-order chi connectivity index (χ0) is 31.0. The number of aldehydes is 1. The fourth-order valence-electron chi connectivity index (χ4n) is 6.75. The van der Waals surface area contributed by atoms with Gasteiger partial charge in [-0.3, -0.25) is 4.79 Å². The summed E-state index contributed by atoms with van der Waals surface area (Å²) in [7, 11) is 0. The Hall–Kier alpha value is -2.66. The molecule has 0 saturated heterocycles. The molecule has 6 aromatic rings. The highest BCUT2D eigenvalue weighted by atomic mass is 32.2. The molecule has 0 aliphatic carbocycles. The minimum Gasteiger partial charge on any atom is -0.297 e. The summed E-state index contributed by atoms with van der Waals surface area (Å²) in [5.74, 6) is 0. The van der Waals surface area contributed by atoms with Gasteiger partial charge >= 0.3 is 0 Å². The molecule has 0 amide bonds. The topological polar surface area (TPSA) is 17.1 Å². The van der Waals surface area contributed by atoms with E-state index >= 15 is 0 Å². The molecular weight excluding hydrogens is 605 g/mol. The van der Waals surface area contributed by atoms with E-state index in [-0.39, 0.29) is 0 Å². The molecule has 2 heterocycles. The highest BCUT2D eigenvalue weighted by Crippen LogP contribution is 2.48. The largest absolute Gasteiger partial charge is 0.297 e. The van der Waals surface area contributed by atoms with Gasteiger partial charge in [-0.25, -0.2) is 0 Å². The molecule has 6 rings (SSSR count). The molecular formula is C41H46OS3. The minimum atomic E-state index is 0.886. The molecule has 2 aromatic heterocycles. The number of thiophene rings is 2. The Labute approximate surface area is 281 Å². The van der Waals surface area contributed by atoms with Gasteiger partial charge in [0.15, 0.2) is 6.29 Å². The standard InChI is InChI=1S/C41H46OS3/c1-3-5-7-9-11-13-18-32-26-35(38(28-42)43-32)36-27-33(19-14-12-10-8-6-4-2)44-41(36)45-37-25-23-31-21-20-29-16-15-17-30-22-24-34(37)40(31)39(29)30/h15-17,20-28H,3-14,18-19H2,1-2H3. The van der Waals surface area contributed by atoms with E-state index in [4.69, 9.17) is 0 Å². The van der Waals surface area contributed by atoms with Crippen LogP contribution in [0.25, 0.3) is 43.4 Å². The van der Waals surface area contributed by atoms with E-state index in [1.54, 1.807) is 11.3 Å². The molecule has 234 valence electrons. The Morgan fingerprint density at radius 1 is 0.600 bits per heavy atom.